The predicted molar refractivity (Wildman–Crippen MR) is 117 cm³/mol. The van der Waals surface area contributed by atoms with Crippen molar-refractivity contribution in [3.63, 3.8) is 0 Å². The minimum atomic E-state index is -0.600. The van der Waals surface area contributed by atoms with Crippen molar-refractivity contribution < 1.29 is 19.2 Å². The molecule has 172 valence electrons. The third-order valence-electron chi connectivity index (χ3n) is 4.59. The third kappa shape index (κ3) is 5.93. The van der Waals surface area contributed by atoms with Crippen LogP contribution in [0.25, 0.3) is 0 Å². The molecule has 1 saturated heterocycles. The number of piperidine rings is 1. The maximum absolute atomic E-state index is 12.4. The molecule has 1 atom stereocenters. The molecule has 32 heavy (non-hydrogen) atoms. The number of rotatable bonds is 6. The number of anilines is 3. The standard InChI is InChI=1S/C20H27N7O5/c1-20(2,3)32-19(28)26-10-6-7-13(12-26)23-16-15(27(29)30)11-22-18(25-16)24-14-8-5-9-21-17(14)31-4/h5,8-9,11,13H,6-7,10,12H2,1-4H3,(H2,22,23,24,25)/t13-/m1/s1. The van der Waals surface area contributed by atoms with Crippen LogP contribution >= 0.6 is 0 Å². The van der Waals surface area contributed by atoms with Gasteiger partial charge in [-0.3, -0.25) is 10.1 Å². The van der Waals surface area contributed by atoms with E-state index in [0.29, 0.717) is 24.7 Å². The van der Waals surface area contributed by atoms with Crippen molar-refractivity contribution in [1.82, 2.24) is 19.9 Å². The number of likely N-dealkylation sites (tertiary alicyclic amines) is 1. The van der Waals surface area contributed by atoms with Crippen molar-refractivity contribution >= 4 is 29.2 Å². The van der Waals surface area contributed by atoms with Crippen LogP contribution in [-0.2, 0) is 4.74 Å². The first-order chi connectivity index (χ1) is 15.2. The lowest BCUT2D eigenvalue weighted by atomic mass is 10.1. The van der Waals surface area contributed by atoms with Gasteiger partial charge >= 0.3 is 11.8 Å². The Bertz CT molecular complexity index is 979. The van der Waals surface area contributed by atoms with Crippen LogP contribution in [0, 0.1) is 10.1 Å². The molecule has 1 fully saturated rings. The fourth-order valence-corrected chi connectivity index (χ4v) is 3.23. The molecule has 0 unspecified atom stereocenters. The number of amides is 1. The van der Waals surface area contributed by atoms with Gasteiger partial charge < -0.3 is 25.0 Å². The zero-order valence-corrected chi connectivity index (χ0v) is 18.5. The van der Waals surface area contributed by atoms with E-state index in [2.05, 4.69) is 25.6 Å². The summed E-state index contributed by atoms with van der Waals surface area (Å²) in [6, 6.07) is 3.21. The molecule has 0 bridgehead atoms. The van der Waals surface area contributed by atoms with Crippen LogP contribution in [0.2, 0.25) is 0 Å². The van der Waals surface area contributed by atoms with Crippen molar-refractivity contribution in [2.75, 3.05) is 30.8 Å². The maximum atomic E-state index is 12.4. The first-order valence-electron chi connectivity index (χ1n) is 10.2. The van der Waals surface area contributed by atoms with Crippen molar-refractivity contribution in [1.29, 1.82) is 0 Å². The summed E-state index contributed by atoms with van der Waals surface area (Å²) in [4.78, 5) is 37.4. The van der Waals surface area contributed by atoms with Gasteiger partial charge in [-0.25, -0.2) is 14.8 Å². The second kappa shape index (κ2) is 9.62. The summed E-state index contributed by atoms with van der Waals surface area (Å²) < 4.78 is 10.6. The molecule has 2 N–H and O–H groups in total. The molecule has 12 heteroatoms. The van der Waals surface area contributed by atoms with E-state index in [0.717, 1.165) is 19.0 Å². The van der Waals surface area contributed by atoms with E-state index < -0.39 is 16.6 Å². The molecule has 0 radical (unpaired) electrons. The first-order valence-corrected chi connectivity index (χ1v) is 10.2. The maximum Gasteiger partial charge on any atom is 0.410 e. The summed E-state index contributed by atoms with van der Waals surface area (Å²) in [5.74, 6) is 0.542. The Hall–Kier alpha value is -3.70. The molecule has 2 aromatic heterocycles. The topological polar surface area (TPSA) is 145 Å². The molecule has 1 aliphatic heterocycles. The van der Waals surface area contributed by atoms with E-state index in [1.165, 1.54) is 7.11 Å². The highest BCUT2D eigenvalue weighted by molar-refractivity contribution is 5.68. The molecule has 1 amide bonds. The van der Waals surface area contributed by atoms with Gasteiger partial charge in [-0.2, -0.15) is 4.98 Å². The van der Waals surface area contributed by atoms with Gasteiger partial charge in [-0.15, -0.1) is 0 Å². The van der Waals surface area contributed by atoms with Crippen LogP contribution in [0.5, 0.6) is 5.88 Å². The largest absolute Gasteiger partial charge is 0.480 e. The first kappa shape index (κ1) is 23.0. The van der Waals surface area contributed by atoms with Crippen LogP contribution in [0.4, 0.5) is 27.9 Å². The summed E-state index contributed by atoms with van der Waals surface area (Å²) in [6.45, 7) is 6.32. The Kier molecular flexibility index (Phi) is 6.91. The second-order valence-electron chi connectivity index (χ2n) is 8.28. The molecule has 2 aromatic rings. The van der Waals surface area contributed by atoms with Gasteiger partial charge in [0.05, 0.1) is 12.0 Å². The Balaban J connectivity index is 1.78. The lowest BCUT2D eigenvalue weighted by Crippen LogP contribution is -2.47. The van der Waals surface area contributed by atoms with Crippen molar-refractivity contribution in [2.45, 2.75) is 45.3 Å². The molecule has 0 aliphatic carbocycles. The monoisotopic (exact) mass is 445 g/mol. The number of hydrogen-bond donors (Lipinski definition) is 2. The van der Waals surface area contributed by atoms with Gasteiger partial charge in [0.2, 0.25) is 17.6 Å². The van der Waals surface area contributed by atoms with Crippen LogP contribution in [0.3, 0.4) is 0 Å². The van der Waals surface area contributed by atoms with Crippen molar-refractivity contribution in [3.8, 4) is 5.88 Å². The molecule has 0 saturated carbocycles. The average Bonchev–Trinajstić information content (AvgIpc) is 2.73. The van der Waals surface area contributed by atoms with E-state index in [-0.39, 0.29) is 23.5 Å². The van der Waals surface area contributed by atoms with E-state index >= 15 is 0 Å². The van der Waals surface area contributed by atoms with Gasteiger partial charge in [0, 0.05) is 25.3 Å². The van der Waals surface area contributed by atoms with Crippen LogP contribution in [0.1, 0.15) is 33.6 Å². The highest BCUT2D eigenvalue weighted by Gasteiger charge is 2.29. The molecule has 3 rings (SSSR count). The number of carbonyl (C=O) groups excluding carboxylic acids is 1. The minimum absolute atomic E-state index is 0.0615. The number of methoxy groups -OCH3 is 1. The SMILES string of the molecule is COc1ncccc1Nc1ncc([N+](=O)[O-])c(N[C@@H]2CCCN(C(=O)OC(C)(C)C)C2)n1. The molecule has 0 aromatic carbocycles. The zero-order valence-electron chi connectivity index (χ0n) is 18.5. The summed E-state index contributed by atoms with van der Waals surface area (Å²) in [6.07, 6.45) is 3.75. The number of nitrogens with zero attached hydrogens (tertiary/aromatic N) is 5. The molecular formula is C20H27N7O5. The summed E-state index contributed by atoms with van der Waals surface area (Å²) in [5.41, 5.74) is -0.344. The lowest BCUT2D eigenvalue weighted by molar-refractivity contribution is -0.384. The highest BCUT2D eigenvalue weighted by Crippen LogP contribution is 2.28. The van der Waals surface area contributed by atoms with E-state index in [9.17, 15) is 14.9 Å². The van der Waals surface area contributed by atoms with Gasteiger partial charge in [0.15, 0.2) is 0 Å². The Morgan fingerprint density at radius 1 is 1.34 bits per heavy atom. The predicted octanol–water partition coefficient (Wildman–Crippen LogP) is 3.34. The van der Waals surface area contributed by atoms with E-state index in [1.54, 1.807) is 44.0 Å². The Labute approximate surface area is 185 Å². The third-order valence-corrected chi connectivity index (χ3v) is 4.59. The summed E-state index contributed by atoms with van der Waals surface area (Å²) in [7, 11) is 1.48. The van der Waals surface area contributed by atoms with Crippen LogP contribution < -0.4 is 15.4 Å². The van der Waals surface area contributed by atoms with Gasteiger partial charge in [-0.1, -0.05) is 0 Å². The number of pyridine rings is 1. The second-order valence-corrected chi connectivity index (χ2v) is 8.28. The smallest absolute Gasteiger partial charge is 0.410 e. The normalized spacial score (nSPS) is 16.2. The minimum Gasteiger partial charge on any atom is -0.480 e. The fourth-order valence-electron chi connectivity index (χ4n) is 3.23. The highest BCUT2D eigenvalue weighted by atomic mass is 16.6. The van der Waals surface area contributed by atoms with Crippen LogP contribution in [0.15, 0.2) is 24.5 Å². The average molecular weight is 445 g/mol. The number of hydrogen-bond acceptors (Lipinski definition) is 10. The number of aromatic nitrogens is 3. The summed E-state index contributed by atoms with van der Waals surface area (Å²) in [5, 5.41) is 17.6. The molecule has 3 heterocycles. The van der Waals surface area contributed by atoms with E-state index in [4.69, 9.17) is 9.47 Å². The fraction of sp³-hybridized carbons (Fsp3) is 0.500. The number of ether oxygens (including phenoxy) is 2. The molecule has 0 spiro atoms. The quantitative estimate of drug-likeness (QED) is 0.501. The van der Waals surface area contributed by atoms with Crippen molar-refractivity contribution in [3.05, 3.63) is 34.6 Å². The zero-order chi connectivity index (χ0) is 23.3. The lowest BCUT2D eigenvalue weighted by Gasteiger charge is -2.34. The Morgan fingerprint density at radius 3 is 2.81 bits per heavy atom. The molecule has 1 aliphatic rings. The molecule has 12 nitrogen and oxygen atoms in total. The van der Waals surface area contributed by atoms with Crippen LogP contribution in [-0.4, -0.2) is 62.7 Å². The number of nitro groups is 1. The van der Waals surface area contributed by atoms with Gasteiger partial charge in [0.1, 0.15) is 17.5 Å². The Morgan fingerprint density at radius 2 is 2.12 bits per heavy atom. The van der Waals surface area contributed by atoms with Gasteiger partial charge in [-0.05, 0) is 45.7 Å². The number of nitrogens with one attached hydrogen (secondary N) is 2. The molecular weight excluding hydrogens is 418 g/mol. The number of carbonyl (C=O) groups is 1. The van der Waals surface area contributed by atoms with Gasteiger partial charge in [0.25, 0.3) is 0 Å². The summed E-state index contributed by atoms with van der Waals surface area (Å²) >= 11 is 0. The van der Waals surface area contributed by atoms with E-state index in [1.807, 2.05) is 0 Å². The van der Waals surface area contributed by atoms with Crippen molar-refractivity contribution in [2.24, 2.45) is 0 Å².